The second-order valence-corrected chi connectivity index (χ2v) is 5.18. The highest BCUT2D eigenvalue weighted by molar-refractivity contribution is 5.64. The lowest BCUT2D eigenvalue weighted by atomic mass is 10.0. The fourth-order valence-corrected chi connectivity index (χ4v) is 2.32. The van der Waals surface area contributed by atoms with E-state index in [0.29, 0.717) is 12.4 Å². The zero-order valence-corrected chi connectivity index (χ0v) is 12.5. The lowest BCUT2D eigenvalue weighted by Gasteiger charge is -2.10. The van der Waals surface area contributed by atoms with Gasteiger partial charge >= 0.3 is 0 Å². The van der Waals surface area contributed by atoms with Gasteiger partial charge in [-0.2, -0.15) is 0 Å². The van der Waals surface area contributed by atoms with Crippen molar-refractivity contribution in [3.05, 3.63) is 72.2 Å². The van der Waals surface area contributed by atoms with E-state index < -0.39 is 0 Å². The number of nitrogens with one attached hydrogen (secondary N) is 1. The maximum absolute atomic E-state index is 5.92. The monoisotopic (exact) mass is 290 g/mol. The van der Waals surface area contributed by atoms with Gasteiger partial charge in [0.2, 0.25) is 0 Å². The molecule has 0 saturated carbocycles. The predicted octanol–water partition coefficient (Wildman–Crippen LogP) is 3.65. The number of benzene rings is 1. The number of aryl methyl sites for hydroxylation is 1. The van der Waals surface area contributed by atoms with Gasteiger partial charge < -0.3 is 11.1 Å². The van der Waals surface area contributed by atoms with Crippen molar-refractivity contribution in [1.82, 2.24) is 9.97 Å². The highest BCUT2D eigenvalue weighted by atomic mass is 15.0. The minimum absolute atomic E-state index is 0.531. The maximum atomic E-state index is 5.92. The van der Waals surface area contributed by atoms with Crippen LogP contribution in [0.25, 0.3) is 11.1 Å². The summed E-state index contributed by atoms with van der Waals surface area (Å²) in [5, 5.41) is 3.33. The zero-order valence-electron chi connectivity index (χ0n) is 12.5. The average Bonchev–Trinajstić information content (AvgIpc) is 2.55. The second-order valence-electron chi connectivity index (χ2n) is 5.18. The summed E-state index contributed by atoms with van der Waals surface area (Å²) in [6, 6.07) is 16.3. The predicted molar refractivity (Wildman–Crippen MR) is 90.4 cm³/mol. The van der Waals surface area contributed by atoms with Crippen LogP contribution in [0.5, 0.6) is 0 Å². The Morgan fingerprint density at radius 3 is 2.68 bits per heavy atom. The van der Waals surface area contributed by atoms with E-state index in [1.807, 2.05) is 31.3 Å². The van der Waals surface area contributed by atoms with Gasteiger partial charge in [0.05, 0.1) is 5.69 Å². The van der Waals surface area contributed by atoms with E-state index in [9.17, 15) is 0 Å². The lowest BCUT2D eigenvalue weighted by Crippen LogP contribution is -2.04. The van der Waals surface area contributed by atoms with Gasteiger partial charge in [-0.3, -0.25) is 4.98 Å². The molecule has 0 atom stereocenters. The number of rotatable bonds is 4. The van der Waals surface area contributed by atoms with Crippen molar-refractivity contribution >= 4 is 11.5 Å². The molecule has 0 aliphatic carbocycles. The fourth-order valence-electron chi connectivity index (χ4n) is 2.32. The Hall–Kier alpha value is -2.88. The number of anilines is 2. The van der Waals surface area contributed by atoms with Crippen molar-refractivity contribution in [1.29, 1.82) is 0 Å². The normalized spacial score (nSPS) is 10.4. The van der Waals surface area contributed by atoms with Crippen LogP contribution in [-0.2, 0) is 6.54 Å². The number of aromatic nitrogens is 2. The summed E-state index contributed by atoms with van der Waals surface area (Å²) < 4.78 is 0. The number of nitrogen functional groups attached to an aromatic ring is 1. The molecule has 2 aromatic heterocycles. The van der Waals surface area contributed by atoms with Crippen molar-refractivity contribution < 1.29 is 0 Å². The van der Waals surface area contributed by atoms with Crippen molar-refractivity contribution in [3.63, 3.8) is 0 Å². The number of pyridine rings is 2. The van der Waals surface area contributed by atoms with Crippen LogP contribution in [0.1, 0.15) is 11.3 Å². The molecule has 110 valence electrons. The van der Waals surface area contributed by atoms with Crippen molar-refractivity contribution in [2.75, 3.05) is 11.1 Å². The summed E-state index contributed by atoms with van der Waals surface area (Å²) in [4.78, 5) is 8.42. The fraction of sp³-hybridized carbons (Fsp3) is 0.111. The molecule has 0 aliphatic heterocycles. The Labute approximate surface area is 130 Å². The van der Waals surface area contributed by atoms with Crippen molar-refractivity contribution in [2.45, 2.75) is 13.5 Å². The third-order valence-corrected chi connectivity index (χ3v) is 3.47. The average molecular weight is 290 g/mol. The van der Waals surface area contributed by atoms with Gasteiger partial charge in [0.15, 0.2) is 0 Å². The number of hydrogen-bond donors (Lipinski definition) is 2. The van der Waals surface area contributed by atoms with Crippen LogP contribution in [0.15, 0.2) is 60.9 Å². The first-order chi connectivity index (χ1) is 10.7. The van der Waals surface area contributed by atoms with Crippen LogP contribution >= 0.6 is 0 Å². The van der Waals surface area contributed by atoms with Crippen LogP contribution in [-0.4, -0.2) is 9.97 Å². The van der Waals surface area contributed by atoms with Crippen LogP contribution in [0.3, 0.4) is 0 Å². The molecule has 1 aromatic carbocycles. The molecule has 0 amide bonds. The Bertz CT molecular complexity index is 769. The van der Waals surface area contributed by atoms with E-state index in [0.717, 1.165) is 22.5 Å². The smallest absolute Gasteiger partial charge is 0.147 e. The Morgan fingerprint density at radius 1 is 1.05 bits per heavy atom. The number of nitrogens with zero attached hydrogens (tertiary/aromatic N) is 2. The van der Waals surface area contributed by atoms with Crippen LogP contribution in [0.2, 0.25) is 0 Å². The van der Waals surface area contributed by atoms with Gasteiger partial charge in [-0.15, -0.1) is 0 Å². The van der Waals surface area contributed by atoms with Gasteiger partial charge in [0, 0.05) is 24.6 Å². The first-order valence-corrected chi connectivity index (χ1v) is 7.19. The molecule has 3 N–H and O–H groups in total. The Kier molecular flexibility index (Phi) is 4.01. The molecule has 0 saturated heterocycles. The molecule has 4 heteroatoms. The number of nitrogens with two attached hydrogens (primary N) is 1. The largest absolute Gasteiger partial charge is 0.382 e. The SMILES string of the molecule is Cc1ccc(NCc2cccc(-c3cccnc3)c2)c(N)n1. The summed E-state index contributed by atoms with van der Waals surface area (Å²) in [7, 11) is 0. The summed E-state index contributed by atoms with van der Waals surface area (Å²) in [5.74, 6) is 0.531. The van der Waals surface area contributed by atoms with Crippen LogP contribution in [0, 0.1) is 6.92 Å². The number of hydrogen-bond acceptors (Lipinski definition) is 4. The first-order valence-electron chi connectivity index (χ1n) is 7.19. The van der Waals surface area contributed by atoms with Gasteiger partial charge in [0.25, 0.3) is 0 Å². The van der Waals surface area contributed by atoms with Crippen molar-refractivity contribution in [2.24, 2.45) is 0 Å². The van der Waals surface area contributed by atoms with Crippen molar-refractivity contribution in [3.8, 4) is 11.1 Å². The van der Waals surface area contributed by atoms with E-state index in [1.165, 1.54) is 5.56 Å². The molecule has 3 aromatic rings. The lowest BCUT2D eigenvalue weighted by molar-refractivity contribution is 1.13. The molecule has 4 nitrogen and oxygen atoms in total. The highest BCUT2D eigenvalue weighted by Gasteiger charge is 2.02. The third-order valence-electron chi connectivity index (χ3n) is 3.47. The van der Waals surface area contributed by atoms with Gasteiger partial charge in [-0.1, -0.05) is 24.3 Å². The molecule has 3 rings (SSSR count). The molecule has 0 fully saturated rings. The quantitative estimate of drug-likeness (QED) is 0.770. The molecular formula is C18H18N4. The van der Waals surface area contributed by atoms with E-state index in [1.54, 1.807) is 6.20 Å². The minimum Gasteiger partial charge on any atom is -0.382 e. The Morgan fingerprint density at radius 2 is 1.91 bits per heavy atom. The van der Waals surface area contributed by atoms with Gasteiger partial charge in [-0.25, -0.2) is 4.98 Å². The van der Waals surface area contributed by atoms with Crippen LogP contribution < -0.4 is 11.1 Å². The highest BCUT2D eigenvalue weighted by Crippen LogP contribution is 2.21. The van der Waals surface area contributed by atoms with E-state index >= 15 is 0 Å². The molecular weight excluding hydrogens is 272 g/mol. The summed E-state index contributed by atoms with van der Waals surface area (Å²) >= 11 is 0. The van der Waals surface area contributed by atoms with Crippen LogP contribution in [0.4, 0.5) is 11.5 Å². The topological polar surface area (TPSA) is 63.8 Å². The minimum atomic E-state index is 0.531. The second kappa shape index (κ2) is 6.26. The molecule has 22 heavy (non-hydrogen) atoms. The molecule has 0 bridgehead atoms. The maximum Gasteiger partial charge on any atom is 0.147 e. The standard InChI is InChI=1S/C18H18N4/c1-13-7-8-17(18(19)22-13)21-11-14-4-2-5-15(10-14)16-6-3-9-20-12-16/h2-10,12,21H,11H2,1H3,(H2,19,22). The first kappa shape index (κ1) is 14.1. The molecule has 0 spiro atoms. The third kappa shape index (κ3) is 3.23. The Balaban J connectivity index is 1.76. The molecule has 0 unspecified atom stereocenters. The summed E-state index contributed by atoms with van der Waals surface area (Å²) in [6.07, 6.45) is 3.65. The van der Waals surface area contributed by atoms with E-state index in [2.05, 4.69) is 45.6 Å². The van der Waals surface area contributed by atoms with Gasteiger partial charge in [0.1, 0.15) is 5.82 Å². The summed E-state index contributed by atoms with van der Waals surface area (Å²) in [6.45, 7) is 2.63. The van der Waals surface area contributed by atoms with E-state index in [4.69, 9.17) is 5.73 Å². The van der Waals surface area contributed by atoms with E-state index in [-0.39, 0.29) is 0 Å². The molecule has 0 radical (unpaired) electrons. The zero-order chi connectivity index (χ0) is 15.4. The van der Waals surface area contributed by atoms with Gasteiger partial charge in [-0.05, 0) is 47.9 Å². The molecule has 0 aliphatic rings. The summed E-state index contributed by atoms with van der Waals surface area (Å²) in [5.41, 5.74) is 11.2. The molecule has 2 heterocycles.